The van der Waals surface area contributed by atoms with E-state index in [1.54, 1.807) is 12.1 Å². The fourth-order valence-electron chi connectivity index (χ4n) is 2.20. The Hall–Kier alpha value is -1.91. The number of aromatic nitrogens is 1. The summed E-state index contributed by atoms with van der Waals surface area (Å²) in [4.78, 5) is 16.1. The molecule has 0 aromatic carbocycles. The molecule has 1 aliphatic heterocycles. The quantitative estimate of drug-likeness (QED) is 0.750. The van der Waals surface area contributed by atoms with Gasteiger partial charge >= 0.3 is 0 Å². The summed E-state index contributed by atoms with van der Waals surface area (Å²) in [7, 11) is -3.09. The largest absolute Gasteiger partial charge is 0.384 e. The monoisotopic (exact) mass is 308 g/mol. The molecule has 2 rings (SSSR count). The summed E-state index contributed by atoms with van der Waals surface area (Å²) < 4.78 is 23.4. The van der Waals surface area contributed by atoms with Crippen LogP contribution in [0, 0.1) is 11.8 Å². The van der Waals surface area contributed by atoms with Crippen molar-refractivity contribution in [1.29, 1.82) is 0 Å². The van der Waals surface area contributed by atoms with Crippen LogP contribution in [0.4, 0.5) is 0 Å². The molecule has 1 aromatic rings. The number of carbonyl (C=O) groups is 1. The van der Waals surface area contributed by atoms with Crippen LogP contribution in [-0.4, -0.2) is 48.6 Å². The summed E-state index contributed by atoms with van der Waals surface area (Å²) in [6.45, 7) is -0.221. The van der Waals surface area contributed by atoms with Gasteiger partial charge in [-0.05, 0) is 25.0 Å². The number of hydrogen-bond donors (Lipinski definition) is 2. The second-order valence-electron chi connectivity index (χ2n) is 4.70. The summed E-state index contributed by atoms with van der Waals surface area (Å²) in [5, 5.41) is 10.8. The van der Waals surface area contributed by atoms with Crippen LogP contribution in [0.15, 0.2) is 18.3 Å². The fraction of sp³-hybridized carbons (Fsp3) is 0.429. The van der Waals surface area contributed by atoms with Crippen LogP contribution in [0.1, 0.15) is 28.9 Å². The van der Waals surface area contributed by atoms with Gasteiger partial charge in [0.1, 0.15) is 12.3 Å². The Morgan fingerprint density at radius 2 is 2.33 bits per heavy atom. The lowest BCUT2D eigenvalue weighted by Gasteiger charge is -2.11. The van der Waals surface area contributed by atoms with Gasteiger partial charge in [-0.15, -0.1) is 0 Å². The number of carbonyl (C=O) groups excluding carboxylic acids is 1. The molecule has 1 amide bonds. The molecule has 1 atom stereocenters. The number of nitrogens with one attached hydrogen (secondary N) is 1. The van der Waals surface area contributed by atoms with Crippen molar-refractivity contribution >= 4 is 15.7 Å². The third-order valence-electron chi connectivity index (χ3n) is 3.28. The van der Waals surface area contributed by atoms with Crippen LogP contribution in [0.5, 0.6) is 0 Å². The average Bonchev–Trinajstić information content (AvgIpc) is 2.81. The third-order valence-corrected chi connectivity index (χ3v) is 5.55. The first-order valence-corrected chi connectivity index (χ1v) is 8.30. The van der Waals surface area contributed by atoms with E-state index >= 15 is 0 Å². The van der Waals surface area contributed by atoms with Gasteiger partial charge in [-0.1, -0.05) is 11.8 Å². The van der Waals surface area contributed by atoms with Crippen LogP contribution in [0.3, 0.4) is 0 Å². The van der Waals surface area contributed by atoms with Crippen LogP contribution in [-0.2, 0) is 9.84 Å². The van der Waals surface area contributed by atoms with E-state index in [0.29, 0.717) is 18.4 Å². The number of hydrogen-bond acceptors (Lipinski definition) is 5. The number of sulfone groups is 1. The van der Waals surface area contributed by atoms with Crippen molar-refractivity contribution in [1.82, 2.24) is 10.3 Å². The third kappa shape index (κ3) is 3.80. The lowest BCUT2D eigenvalue weighted by Crippen LogP contribution is -2.35. The second kappa shape index (κ2) is 6.70. The number of nitrogens with zero attached hydrogens (tertiary/aromatic N) is 1. The zero-order valence-electron chi connectivity index (χ0n) is 11.4. The summed E-state index contributed by atoms with van der Waals surface area (Å²) in [5.74, 6) is 4.83. The molecule has 0 bridgehead atoms. The van der Waals surface area contributed by atoms with Gasteiger partial charge in [-0.25, -0.2) is 13.4 Å². The molecule has 1 unspecified atom stereocenters. The Morgan fingerprint density at radius 1 is 1.52 bits per heavy atom. The zero-order chi connectivity index (χ0) is 15.3. The van der Waals surface area contributed by atoms with Gasteiger partial charge in [0.05, 0.1) is 16.6 Å². The van der Waals surface area contributed by atoms with E-state index in [1.165, 1.54) is 6.20 Å². The van der Waals surface area contributed by atoms with E-state index < -0.39 is 21.0 Å². The Morgan fingerprint density at radius 3 is 3.00 bits per heavy atom. The van der Waals surface area contributed by atoms with Gasteiger partial charge in [0, 0.05) is 12.7 Å². The summed E-state index contributed by atoms with van der Waals surface area (Å²) >= 11 is 0. The highest BCUT2D eigenvalue weighted by atomic mass is 32.2. The Balaban J connectivity index is 2.07. The number of amides is 1. The zero-order valence-corrected chi connectivity index (χ0v) is 12.2. The Kier molecular flexibility index (Phi) is 4.94. The van der Waals surface area contributed by atoms with Crippen molar-refractivity contribution in [3.63, 3.8) is 0 Å². The normalized spacial score (nSPS) is 19.6. The van der Waals surface area contributed by atoms with Gasteiger partial charge in [-0.3, -0.25) is 4.79 Å². The minimum absolute atomic E-state index is 0.0879. The van der Waals surface area contributed by atoms with Gasteiger partial charge in [0.15, 0.2) is 9.84 Å². The molecule has 0 radical (unpaired) electrons. The molecule has 1 fully saturated rings. The predicted molar refractivity (Wildman–Crippen MR) is 77.3 cm³/mol. The molecule has 6 nitrogen and oxygen atoms in total. The molecule has 1 saturated heterocycles. The molecule has 21 heavy (non-hydrogen) atoms. The highest BCUT2D eigenvalue weighted by molar-refractivity contribution is 7.92. The maximum atomic E-state index is 12.1. The Labute approximate surface area is 123 Å². The predicted octanol–water partition coefficient (Wildman–Crippen LogP) is -0.268. The van der Waals surface area contributed by atoms with E-state index in [1.807, 2.05) is 0 Å². The minimum Gasteiger partial charge on any atom is -0.384 e. The number of aliphatic hydroxyl groups excluding tert-OH is 1. The lowest BCUT2D eigenvalue weighted by molar-refractivity contribution is 0.0948. The van der Waals surface area contributed by atoms with Gasteiger partial charge in [-0.2, -0.15) is 0 Å². The van der Waals surface area contributed by atoms with Crippen LogP contribution < -0.4 is 5.32 Å². The highest BCUT2D eigenvalue weighted by Gasteiger charge is 2.31. The fourth-order valence-corrected chi connectivity index (χ4v) is 3.96. The SMILES string of the molecule is O=C(NCC1CCCS1(=O)=O)c1ncccc1C#CCO. The maximum absolute atomic E-state index is 12.1. The molecular weight excluding hydrogens is 292 g/mol. The molecule has 1 aromatic heterocycles. The molecule has 1 aliphatic rings. The number of pyridine rings is 1. The molecular formula is C14H16N2O4S. The first-order chi connectivity index (χ1) is 10.0. The van der Waals surface area contributed by atoms with E-state index in [9.17, 15) is 13.2 Å². The summed E-state index contributed by atoms with van der Waals surface area (Å²) in [6.07, 6.45) is 2.67. The van der Waals surface area contributed by atoms with Crippen molar-refractivity contribution in [3.05, 3.63) is 29.6 Å². The van der Waals surface area contributed by atoms with Crippen LogP contribution >= 0.6 is 0 Å². The summed E-state index contributed by atoms with van der Waals surface area (Å²) in [6, 6.07) is 3.26. The van der Waals surface area contributed by atoms with Crippen molar-refractivity contribution in [3.8, 4) is 11.8 Å². The van der Waals surface area contributed by atoms with Crippen LogP contribution in [0.25, 0.3) is 0 Å². The van der Waals surface area contributed by atoms with Crippen molar-refractivity contribution in [2.24, 2.45) is 0 Å². The molecule has 0 aliphatic carbocycles. The van der Waals surface area contributed by atoms with Gasteiger partial charge in [0.2, 0.25) is 0 Å². The van der Waals surface area contributed by atoms with Crippen LogP contribution in [0.2, 0.25) is 0 Å². The standard InChI is InChI=1S/C14H16N2O4S/c17-8-2-5-11-4-1-7-15-13(11)14(18)16-10-12-6-3-9-21(12,19)20/h1,4,7,12,17H,3,6,8-10H2,(H,16,18). The van der Waals surface area contributed by atoms with E-state index in [0.717, 1.165) is 0 Å². The first-order valence-electron chi connectivity index (χ1n) is 6.59. The maximum Gasteiger partial charge on any atom is 0.271 e. The molecule has 2 heterocycles. The molecule has 0 spiro atoms. The molecule has 0 saturated carbocycles. The summed E-state index contributed by atoms with van der Waals surface area (Å²) in [5.41, 5.74) is 0.534. The number of rotatable bonds is 3. The highest BCUT2D eigenvalue weighted by Crippen LogP contribution is 2.19. The van der Waals surface area contributed by atoms with Crippen molar-refractivity contribution in [2.75, 3.05) is 18.9 Å². The van der Waals surface area contributed by atoms with E-state index in [4.69, 9.17) is 5.11 Å². The van der Waals surface area contributed by atoms with Gasteiger partial charge in [0.25, 0.3) is 5.91 Å². The molecule has 2 N–H and O–H groups in total. The van der Waals surface area contributed by atoms with Gasteiger partial charge < -0.3 is 10.4 Å². The molecule has 7 heteroatoms. The van der Waals surface area contributed by atoms with E-state index in [2.05, 4.69) is 22.1 Å². The van der Waals surface area contributed by atoms with Crippen molar-refractivity contribution < 1.29 is 18.3 Å². The topological polar surface area (TPSA) is 96.4 Å². The van der Waals surface area contributed by atoms with Crippen molar-refractivity contribution in [2.45, 2.75) is 18.1 Å². The number of aliphatic hydroxyl groups is 1. The average molecular weight is 308 g/mol. The Bertz CT molecular complexity index is 688. The molecule has 112 valence electrons. The minimum atomic E-state index is -3.09. The van der Waals surface area contributed by atoms with E-state index in [-0.39, 0.29) is 24.6 Å². The second-order valence-corrected chi connectivity index (χ2v) is 7.10. The smallest absolute Gasteiger partial charge is 0.271 e. The first kappa shape index (κ1) is 15.5. The lowest BCUT2D eigenvalue weighted by atomic mass is 10.2.